The third-order valence-electron chi connectivity index (χ3n) is 4.99. The molecule has 0 unspecified atom stereocenters. The Morgan fingerprint density at radius 3 is 2.52 bits per heavy atom. The molecule has 4 heteroatoms. The summed E-state index contributed by atoms with van der Waals surface area (Å²) in [6.07, 6.45) is 3.45. The van der Waals surface area contributed by atoms with Gasteiger partial charge in [-0.15, -0.1) is 11.3 Å². The van der Waals surface area contributed by atoms with Crippen molar-refractivity contribution < 1.29 is 0 Å². The van der Waals surface area contributed by atoms with Gasteiger partial charge >= 0.3 is 0 Å². The van der Waals surface area contributed by atoms with Crippen LogP contribution in [0.1, 0.15) is 0 Å². The van der Waals surface area contributed by atoms with Gasteiger partial charge in [0.05, 0.1) is 10.4 Å². The summed E-state index contributed by atoms with van der Waals surface area (Å²) >= 11 is 1.63. The molecule has 0 aliphatic heterocycles. The smallest absolute Gasteiger partial charge is 0.144 e. The second-order valence-corrected chi connectivity index (χ2v) is 7.61. The van der Waals surface area contributed by atoms with Crippen LogP contribution < -0.4 is 0 Å². The second kappa shape index (κ2) is 5.56. The highest BCUT2D eigenvalue weighted by Crippen LogP contribution is 2.33. The number of hydrogen-bond acceptors (Lipinski definition) is 4. The molecule has 0 fully saturated rings. The summed E-state index contributed by atoms with van der Waals surface area (Å²) in [5.74, 6) is 0. The molecule has 0 saturated heterocycles. The molecular weight excluding hydrogens is 350 g/mol. The van der Waals surface area contributed by atoms with Crippen LogP contribution in [0.2, 0.25) is 0 Å². The predicted octanol–water partition coefficient (Wildman–Crippen LogP) is 6.21. The first-order chi connectivity index (χ1) is 13.4. The summed E-state index contributed by atoms with van der Waals surface area (Å²) in [5.41, 5.74) is 3.89. The Bertz CT molecular complexity index is 1480. The minimum Gasteiger partial charge on any atom is -0.250 e. The molecule has 6 aromatic rings. The average Bonchev–Trinajstić information content (AvgIpc) is 3.11. The Hall–Kier alpha value is -3.37. The van der Waals surface area contributed by atoms with Crippen molar-refractivity contribution in [1.29, 1.82) is 0 Å². The maximum absolute atomic E-state index is 4.91. The highest BCUT2D eigenvalue weighted by atomic mass is 32.1. The molecule has 3 aromatic carbocycles. The molecular formula is C23H13N3S. The van der Waals surface area contributed by atoms with Crippen molar-refractivity contribution in [2.45, 2.75) is 0 Å². The summed E-state index contributed by atoms with van der Waals surface area (Å²) in [6, 6.07) is 23.6. The number of fused-ring (bicyclic) bond motifs is 6. The number of nitrogens with zero attached hydrogens (tertiary/aromatic N) is 3. The molecule has 27 heavy (non-hydrogen) atoms. The van der Waals surface area contributed by atoms with E-state index in [2.05, 4.69) is 76.7 Å². The zero-order chi connectivity index (χ0) is 17.8. The molecule has 3 heterocycles. The number of rotatable bonds is 1. The van der Waals surface area contributed by atoms with Crippen molar-refractivity contribution in [2.75, 3.05) is 0 Å². The van der Waals surface area contributed by atoms with Crippen LogP contribution in [0, 0.1) is 0 Å². The first kappa shape index (κ1) is 14.8. The van der Waals surface area contributed by atoms with Crippen molar-refractivity contribution in [3.05, 3.63) is 79.1 Å². The molecule has 0 radical (unpaired) electrons. The molecule has 126 valence electrons. The molecule has 6 rings (SSSR count). The lowest BCUT2D eigenvalue weighted by Crippen LogP contribution is -1.86. The van der Waals surface area contributed by atoms with E-state index in [4.69, 9.17) is 4.98 Å². The lowest BCUT2D eigenvalue weighted by atomic mass is 9.99. The lowest BCUT2D eigenvalue weighted by Gasteiger charge is -2.07. The van der Waals surface area contributed by atoms with E-state index < -0.39 is 0 Å². The van der Waals surface area contributed by atoms with E-state index in [1.807, 2.05) is 0 Å². The van der Waals surface area contributed by atoms with Crippen molar-refractivity contribution in [2.24, 2.45) is 0 Å². The average molecular weight is 363 g/mol. The summed E-state index contributed by atoms with van der Waals surface area (Å²) < 4.78 is 1.12. The topological polar surface area (TPSA) is 38.7 Å². The third kappa shape index (κ3) is 2.24. The SMILES string of the molecule is c1ccc2c(c1)ccc1cc(-c3ccc4sc5nccnc5c4n3)ccc12. The third-order valence-corrected chi connectivity index (χ3v) is 6.04. The molecule has 0 N–H and O–H groups in total. The maximum atomic E-state index is 4.91. The summed E-state index contributed by atoms with van der Waals surface area (Å²) in [7, 11) is 0. The Morgan fingerprint density at radius 1 is 0.667 bits per heavy atom. The Labute approximate surface area is 159 Å². The van der Waals surface area contributed by atoms with E-state index in [9.17, 15) is 0 Å². The Morgan fingerprint density at radius 2 is 1.52 bits per heavy atom. The van der Waals surface area contributed by atoms with Gasteiger partial charge in [-0.05, 0) is 39.7 Å². The fraction of sp³-hybridized carbons (Fsp3) is 0. The fourth-order valence-corrected chi connectivity index (χ4v) is 4.64. The van der Waals surface area contributed by atoms with Gasteiger partial charge in [-0.3, -0.25) is 0 Å². The van der Waals surface area contributed by atoms with Gasteiger partial charge in [-0.2, -0.15) is 0 Å². The van der Waals surface area contributed by atoms with Crippen LogP contribution in [0.5, 0.6) is 0 Å². The van der Waals surface area contributed by atoms with Gasteiger partial charge in [-0.25, -0.2) is 15.0 Å². The molecule has 0 aliphatic rings. The largest absolute Gasteiger partial charge is 0.250 e. The molecule has 3 aromatic heterocycles. The molecule has 0 spiro atoms. The number of thiophene rings is 1. The van der Waals surface area contributed by atoms with E-state index in [0.717, 1.165) is 31.8 Å². The lowest BCUT2D eigenvalue weighted by molar-refractivity contribution is 1.31. The highest BCUT2D eigenvalue weighted by molar-refractivity contribution is 7.25. The van der Waals surface area contributed by atoms with Crippen LogP contribution in [0.4, 0.5) is 0 Å². The van der Waals surface area contributed by atoms with Gasteiger partial charge in [0.15, 0.2) is 0 Å². The van der Waals surface area contributed by atoms with Crippen molar-refractivity contribution in [1.82, 2.24) is 15.0 Å². The Balaban J connectivity index is 1.58. The first-order valence-corrected chi connectivity index (χ1v) is 9.61. The Kier molecular flexibility index (Phi) is 3.04. The maximum Gasteiger partial charge on any atom is 0.144 e. The van der Waals surface area contributed by atoms with Gasteiger partial charge in [0.1, 0.15) is 15.9 Å². The van der Waals surface area contributed by atoms with Crippen LogP contribution in [0.3, 0.4) is 0 Å². The standard InChI is InChI=1S/C23H13N3S/c1-2-4-17-14(3-1)5-6-15-13-16(7-8-18(15)17)19-9-10-20-21(26-19)22-23(27-20)25-12-11-24-22/h1-13H. The normalized spacial score (nSPS) is 11.7. The van der Waals surface area contributed by atoms with Crippen LogP contribution >= 0.6 is 11.3 Å². The summed E-state index contributed by atoms with van der Waals surface area (Å²) in [4.78, 5) is 14.7. The van der Waals surface area contributed by atoms with Gasteiger partial charge in [0, 0.05) is 18.0 Å². The van der Waals surface area contributed by atoms with Crippen molar-refractivity contribution >= 4 is 53.4 Å². The van der Waals surface area contributed by atoms with E-state index in [0.29, 0.717) is 0 Å². The second-order valence-electron chi connectivity index (χ2n) is 6.58. The van der Waals surface area contributed by atoms with Crippen LogP contribution in [-0.4, -0.2) is 15.0 Å². The van der Waals surface area contributed by atoms with Crippen molar-refractivity contribution in [3.63, 3.8) is 0 Å². The number of aromatic nitrogens is 3. The van der Waals surface area contributed by atoms with E-state index in [1.165, 1.54) is 21.5 Å². The summed E-state index contributed by atoms with van der Waals surface area (Å²) in [5, 5.41) is 5.04. The predicted molar refractivity (Wildman–Crippen MR) is 113 cm³/mol. The molecule has 3 nitrogen and oxygen atoms in total. The minimum atomic E-state index is 0.881. The number of pyridine rings is 1. The number of hydrogen-bond donors (Lipinski definition) is 0. The molecule has 0 amide bonds. The van der Waals surface area contributed by atoms with Gasteiger partial charge in [-0.1, -0.05) is 48.5 Å². The molecule has 0 atom stereocenters. The zero-order valence-corrected chi connectivity index (χ0v) is 15.1. The first-order valence-electron chi connectivity index (χ1n) is 8.79. The monoisotopic (exact) mass is 363 g/mol. The van der Waals surface area contributed by atoms with E-state index >= 15 is 0 Å². The number of benzene rings is 3. The van der Waals surface area contributed by atoms with E-state index in [1.54, 1.807) is 23.7 Å². The molecule has 0 aliphatic carbocycles. The van der Waals surface area contributed by atoms with Crippen LogP contribution in [0.15, 0.2) is 79.1 Å². The summed E-state index contributed by atoms with van der Waals surface area (Å²) in [6.45, 7) is 0. The van der Waals surface area contributed by atoms with Crippen molar-refractivity contribution in [3.8, 4) is 11.3 Å². The van der Waals surface area contributed by atoms with Gasteiger partial charge < -0.3 is 0 Å². The fourth-order valence-electron chi connectivity index (χ4n) is 3.70. The molecule has 0 bridgehead atoms. The van der Waals surface area contributed by atoms with E-state index in [-0.39, 0.29) is 0 Å². The van der Waals surface area contributed by atoms with Gasteiger partial charge in [0.25, 0.3) is 0 Å². The minimum absolute atomic E-state index is 0.881. The quantitative estimate of drug-likeness (QED) is 0.326. The van der Waals surface area contributed by atoms with Crippen LogP contribution in [0.25, 0.3) is 53.4 Å². The highest BCUT2D eigenvalue weighted by Gasteiger charge is 2.10. The molecule has 0 saturated carbocycles. The van der Waals surface area contributed by atoms with Gasteiger partial charge in [0.2, 0.25) is 0 Å². The zero-order valence-electron chi connectivity index (χ0n) is 14.3. The van der Waals surface area contributed by atoms with Crippen LogP contribution in [-0.2, 0) is 0 Å².